The predicted molar refractivity (Wildman–Crippen MR) is 187 cm³/mol. The molecule has 0 radical (unpaired) electrons. The van der Waals surface area contributed by atoms with Gasteiger partial charge in [-0.05, 0) is 70.1 Å². The minimum absolute atomic E-state index is 0.0497. The Bertz CT molecular complexity index is 1800. The van der Waals surface area contributed by atoms with Gasteiger partial charge in [0, 0.05) is 62.5 Å². The van der Waals surface area contributed by atoms with Crippen molar-refractivity contribution in [3.05, 3.63) is 65.7 Å². The van der Waals surface area contributed by atoms with Crippen molar-refractivity contribution in [2.75, 3.05) is 69.0 Å². The van der Waals surface area contributed by atoms with Crippen LogP contribution in [0.5, 0.6) is 5.75 Å². The lowest BCUT2D eigenvalue weighted by Crippen LogP contribution is -2.52. The Balaban J connectivity index is 1.24. The van der Waals surface area contributed by atoms with E-state index in [1.54, 1.807) is 39.2 Å². The number of piperazine rings is 1. The van der Waals surface area contributed by atoms with E-state index in [0.717, 1.165) is 68.9 Å². The zero-order valence-corrected chi connectivity index (χ0v) is 28.4. The lowest BCUT2D eigenvalue weighted by atomic mass is 10.0. The van der Waals surface area contributed by atoms with Gasteiger partial charge in [-0.2, -0.15) is 4.98 Å². The summed E-state index contributed by atoms with van der Waals surface area (Å²) >= 11 is 6.45. The van der Waals surface area contributed by atoms with Crippen LogP contribution in [-0.4, -0.2) is 92.9 Å². The molecular weight excluding hydrogens is 622 g/mol. The van der Waals surface area contributed by atoms with E-state index in [0.29, 0.717) is 34.8 Å². The van der Waals surface area contributed by atoms with Crippen LogP contribution in [0.1, 0.15) is 26.7 Å². The molecule has 10 nitrogen and oxygen atoms in total. The van der Waals surface area contributed by atoms with Crippen molar-refractivity contribution in [3.63, 3.8) is 0 Å². The lowest BCUT2D eigenvalue weighted by Gasteiger charge is -2.42. The van der Waals surface area contributed by atoms with Crippen LogP contribution < -0.4 is 20.3 Å². The van der Waals surface area contributed by atoms with Crippen LogP contribution in [0.25, 0.3) is 10.9 Å². The van der Waals surface area contributed by atoms with Crippen molar-refractivity contribution in [3.8, 4) is 5.75 Å². The maximum Gasteiger partial charge on any atom is 0.229 e. The number of para-hydroxylation sites is 1. The molecule has 0 atom stereocenters. The van der Waals surface area contributed by atoms with Gasteiger partial charge in [0.1, 0.15) is 16.5 Å². The molecule has 12 heteroatoms. The minimum atomic E-state index is -3.68. The molecule has 0 unspecified atom stereocenters. The number of anilines is 5. The van der Waals surface area contributed by atoms with Crippen LogP contribution in [-0.2, 0) is 9.84 Å². The number of fused-ring (bicyclic) bond motifs is 1. The molecule has 3 heterocycles. The maximum atomic E-state index is 13.3. The summed E-state index contributed by atoms with van der Waals surface area (Å²) in [7, 11) is 0.180. The summed E-state index contributed by atoms with van der Waals surface area (Å²) < 4.78 is 32.3. The van der Waals surface area contributed by atoms with Gasteiger partial charge >= 0.3 is 0 Å². The second-order valence-electron chi connectivity index (χ2n) is 12.3. The predicted octanol–water partition coefficient (Wildman–Crippen LogP) is 6.18. The molecule has 2 aliphatic heterocycles. The van der Waals surface area contributed by atoms with E-state index in [1.807, 2.05) is 30.3 Å². The Morgan fingerprint density at radius 1 is 0.891 bits per heavy atom. The quantitative estimate of drug-likeness (QED) is 0.216. The number of aromatic nitrogens is 2. The highest BCUT2D eigenvalue weighted by molar-refractivity contribution is 7.92. The zero-order chi connectivity index (χ0) is 32.4. The van der Waals surface area contributed by atoms with Crippen molar-refractivity contribution >= 4 is 61.2 Å². The highest BCUT2D eigenvalue weighted by Crippen LogP contribution is 2.37. The summed E-state index contributed by atoms with van der Waals surface area (Å²) in [6, 6.07) is 19.4. The first-order valence-corrected chi connectivity index (χ1v) is 17.8. The number of likely N-dealkylation sites (N-methyl/N-ethyl adjacent to an activating group) is 1. The first-order valence-electron chi connectivity index (χ1n) is 15.8. The maximum absolute atomic E-state index is 13.3. The second kappa shape index (κ2) is 13.6. The number of nitrogens with zero attached hydrogens (tertiary/aromatic N) is 5. The second-order valence-corrected chi connectivity index (χ2v) is 15.2. The average molecular weight is 664 g/mol. The van der Waals surface area contributed by atoms with Gasteiger partial charge in [0.05, 0.1) is 34.3 Å². The molecule has 2 aliphatic rings. The molecule has 4 aromatic rings. The van der Waals surface area contributed by atoms with Crippen LogP contribution in [0.4, 0.5) is 28.8 Å². The monoisotopic (exact) mass is 663 g/mol. The molecular formula is C34H42ClN7O3S. The molecule has 0 saturated carbocycles. The van der Waals surface area contributed by atoms with Crippen LogP contribution in [0.2, 0.25) is 5.02 Å². The van der Waals surface area contributed by atoms with Gasteiger partial charge < -0.3 is 25.2 Å². The minimum Gasteiger partial charge on any atom is -0.494 e. The van der Waals surface area contributed by atoms with E-state index in [4.69, 9.17) is 26.3 Å². The van der Waals surface area contributed by atoms with E-state index in [2.05, 4.69) is 44.5 Å². The molecule has 244 valence electrons. The number of hydrogen-bond acceptors (Lipinski definition) is 10. The average Bonchev–Trinajstić information content (AvgIpc) is 3.05. The van der Waals surface area contributed by atoms with Crippen LogP contribution in [0, 0.1) is 0 Å². The molecule has 0 spiro atoms. The first kappa shape index (κ1) is 32.3. The van der Waals surface area contributed by atoms with Gasteiger partial charge in [0.2, 0.25) is 5.95 Å². The molecule has 0 bridgehead atoms. The Kier molecular flexibility index (Phi) is 9.56. The fourth-order valence-corrected chi connectivity index (χ4v) is 8.00. The highest BCUT2D eigenvalue weighted by atomic mass is 35.5. The topological polar surface area (TPSA) is 103 Å². The third-order valence-corrected chi connectivity index (χ3v) is 11.7. The third kappa shape index (κ3) is 6.73. The molecule has 2 N–H and O–H groups in total. The van der Waals surface area contributed by atoms with Gasteiger partial charge in [-0.25, -0.2) is 13.4 Å². The van der Waals surface area contributed by atoms with Crippen molar-refractivity contribution in [2.24, 2.45) is 0 Å². The van der Waals surface area contributed by atoms with E-state index in [9.17, 15) is 8.42 Å². The number of piperidine rings is 1. The molecule has 0 amide bonds. The van der Waals surface area contributed by atoms with Crippen molar-refractivity contribution in [1.82, 2.24) is 19.8 Å². The summed E-state index contributed by atoms with van der Waals surface area (Å²) in [4.78, 5) is 17.1. The Labute approximate surface area is 276 Å². The number of halogens is 1. The van der Waals surface area contributed by atoms with Crippen LogP contribution in [0.3, 0.4) is 0 Å². The molecule has 1 aromatic heterocycles. The van der Waals surface area contributed by atoms with Gasteiger partial charge in [0.25, 0.3) is 0 Å². The molecule has 2 fully saturated rings. The molecule has 0 aliphatic carbocycles. The Hall–Kier alpha value is -3.64. The molecule has 3 aromatic carbocycles. The normalized spacial score (nSPS) is 17.0. The number of hydrogen-bond donors (Lipinski definition) is 2. The van der Waals surface area contributed by atoms with Gasteiger partial charge in [0.15, 0.2) is 9.84 Å². The van der Waals surface area contributed by atoms with Gasteiger partial charge in [-0.3, -0.25) is 4.90 Å². The van der Waals surface area contributed by atoms with E-state index >= 15 is 0 Å². The lowest BCUT2D eigenvalue weighted by molar-refractivity contribution is 0.0982. The smallest absolute Gasteiger partial charge is 0.229 e. The standard InChI is InChI=1S/C34H42ClN7O3S/c1-23(2)46(43,44)32-27(35)9-7-11-30(32)36-33-26-8-5-6-10-28(26)37-34(39-33)38-29-13-12-25(22-31(29)45-4)41-16-14-24(15-17-41)42-20-18-40(3)19-21-42/h5-13,22-24H,14-21H2,1-4H3,(H2,36,37,38,39). The highest BCUT2D eigenvalue weighted by Gasteiger charge is 2.28. The fourth-order valence-electron chi connectivity index (χ4n) is 6.26. The summed E-state index contributed by atoms with van der Waals surface area (Å²) in [5, 5.41) is 6.84. The molecule has 2 saturated heterocycles. The van der Waals surface area contributed by atoms with Crippen LogP contribution >= 0.6 is 11.6 Å². The number of benzene rings is 3. The third-order valence-electron chi connectivity index (χ3n) is 9.04. The van der Waals surface area contributed by atoms with E-state index in [-0.39, 0.29) is 9.92 Å². The van der Waals surface area contributed by atoms with Gasteiger partial charge in [-0.1, -0.05) is 29.8 Å². The molecule has 6 rings (SSSR count). The summed E-state index contributed by atoms with van der Waals surface area (Å²) in [5.41, 5.74) is 2.90. The SMILES string of the molecule is COc1cc(N2CCC(N3CCN(C)CC3)CC2)ccc1Nc1nc(Nc2cccc(Cl)c2S(=O)(=O)C(C)C)c2ccccc2n1. The van der Waals surface area contributed by atoms with Gasteiger partial charge in [-0.15, -0.1) is 0 Å². The summed E-state index contributed by atoms with van der Waals surface area (Å²) in [6.07, 6.45) is 2.30. The number of rotatable bonds is 9. The summed E-state index contributed by atoms with van der Waals surface area (Å²) in [6.45, 7) is 9.89. The van der Waals surface area contributed by atoms with E-state index in [1.165, 1.54) is 0 Å². The van der Waals surface area contributed by atoms with E-state index < -0.39 is 15.1 Å². The molecule has 46 heavy (non-hydrogen) atoms. The van der Waals surface area contributed by atoms with Crippen molar-refractivity contribution < 1.29 is 13.2 Å². The fraction of sp³-hybridized carbons (Fsp3) is 0.412. The number of ether oxygens (including phenoxy) is 1. The Morgan fingerprint density at radius 2 is 1.63 bits per heavy atom. The summed E-state index contributed by atoms with van der Waals surface area (Å²) in [5.74, 6) is 1.48. The number of sulfone groups is 1. The largest absolute Gasteiger partial charge is 0.494 e. The zero-order valence-electron chi connectivity index (χ0n) is 26.8. The Morgan fingerprint density at radius 3 is 2.35 bits per heavy atom. The number of methoxy groups -OCH3 is 1. The van der Waals surface area contributed by atoms with Crippen LogP contribution in [0.15, 0.2) is 65.6 Å². The first-order chi connectivity index (χ1) is 22.1. The van der Waals surface area contributed by atoms with Crippen molar-refractivity contribution in [1.29, 1.82) is 0 Å². The number of nitrogens with one attached hydrogen (secondary N) is 2. The van der Waals surface area contributed by atoms with Crippen molar-refractivity contribution in [2.45, 2.75) is 42.9 Å².